The summed E-state index contributed by atoms with van der Waals surface area (Å²) in [5.74, 6) is -0.345. The zero-order valence-electron chi connectivity index (χ0n) is 14.7. The van der Waals surface area contributed by atoms with E-state index in [9.17, 15) is 14.4 Å². The summed E-state index contributed by atoms with van der Waals surface area (Å²) in [6, 6.07) is 12.7. The van der Waals surface area contributed by atoms with Crippen molar-refractivity contribution in [2.45, 2.75) is 33.0 Å². The van der Waals surface area contributed by atoms with Crippen LogP contribution < -0.4 is 16.4 Å². The molecule has 3 rings (SSSR count). The van der Waals surface area contributed by atoms with E-state index in [4.69, 9.17) is 0 Å². The number of benzene rings is 1. The molecular formula is C19H20N4O3. The molecule has 0 fully saturated rings. The summed E-state index contributed by atoms with van der Waals surface area (Å²) in [5.41, 5.74) is 0.406. The molecule has 0 bridgehead atoms. The van der Waals surface area contributed by atoms with Crippen molar-refractivity contribution < 1.29 is 4.79 Å². The number of nitrogens with zero attached hydrogens (tertiary/aromatic N) is 3. The molecule has 1 aromatic carbocycles. The minimum Gasteiger partial charge on any atom is -0.348 e. The molecule has 0 aliphatic carbocycles. The molecule has 2 heterocycles. The minimum atomic E-state index is -0.727. The van der Waals surface area contributed by atoms with Crippen molar-refractivity contribution in [3.8, 4) is 0 Å². The van der Waals surface area contributed by atoms with Gasteiger partial charge in [-0.05, 0) is 31.5 Å². The van der Waals surface area contributed by atoms with Crippen LogP contribution in [-0.2, 0) is 17.9 Å². The maximum Gasteiger partial charge on any atom is 0.318 e. The maximum absolute atomic E-state index is 12.5. The third-order valence-corrected chi connectivity index (χ3v) is 4.28. The number of nitrogens with one attached hydrogen (secondary N) is 1. The van der Waals surface area contributed by atoms with Gasteiger partial charge < -0.3 is 5.32 Å². The standard InChI is InChI=1S/C19H20N4O3/c1-3-22-17-15(10-7-11-20-17)23(19(26)18(22)25)12-16(24)21-13(2)14-8-5-4-6-9-14/h4-11,13H,3,12H2,1-2H3,(H,21,24). The van der Waals surface area contributed by atoms with Crippen molar-refractivity contribution in [1.29, 1.82) is 0 Å². The van der Waals surface area contributed by atoms with Gasteiger partial charge in [-0.2, -0.15) is 0 Å². The second-order valence-electron chi connectivity index (χ2n) is 5.99. The van der Waals surface area contributed by atoms with E-state index in [1.165, 1.54) is 9.13 Å². The molecule has 0 aliphatic rings. The molecule has 0 radical (unpaired) electrons. The van der Waals surface area contributed by atoms with Crippen LogP contribution in [0.2, 0.25) is 0 Å². The zero-order valence-corrected chi connectivity index (χ0v) is 14.7. The van der Waals surface area contributed by atoms with Crippen molar-refractivity contribution in [3.05, 3.63) is 74.9 Å². The van der Waals surface area contributed by atoms with E-state index in [-0.39, 0.29) is 18.5 Å². The van der Waals surface area contributed by atoms with Crippen LogP contribution in [0.4, 0.5) is 0 Å². The smallest absolute Gasteiger partial charge is 0.318 e. The number of carbonyl (C=O) groups excluding carboxylic acids is 1. The van der Waals surface area contributed by atoms with Crippen molar-refractivity contribution in [3.63, 3.8) is 0 Å². The van der Waals surface area contributed by atoms with Gasteiger partial charge in [-0.15, -0.1) is 0 Å². The molecule has 0 aliphatic heterocycles. The van der Waals surface area contributed by atoms with Crippen LogP contribution in [0.1, 0.15) is 25.5 Å². The topological polar surface area (TPSA) is 86.0 Å². The number of hydrogen-bond acceptors (Lipinski definition) is 4. The summed E-state index contributed by atoms with van der Waals surface area (Å²) < 4.78 is 2.50. The number of hydrogen-bond donors (Lipinski definition) is 1. The summed E-state index contributed by atoms with van der Waals surface area (Å²) in [5, 5.41) is 2.86. The summed E-state index contributed by atoms with van der Waals surface area (Å²) in [6.07, 6.45) is 1.56. The lowest BCUT2D eigenvalue weighted by Crippen LogP contribution is -2.44. The molecule has 7 nitrogen and oxygen atoms in total. The van der Waals surface area contributed by atoms with E-state index in [1.807, 2.05) is 37.3 Å². The maximum atomic E-state index is 12.5. The average Bonchev–Trinajstić information content (AvgIpc) is 2.66. The molecule has 0 saturated carbocycles. The van der Waals surface area contributed by atoms with Crippen molar-refractivity contribution in [1.82, 2.24) is 19.4 Å². The lowest BCUT2D eigenvalue weighted by molar-refractivity contribution is -0.122. The van der Waals surface area contributed by atoms with Gasteiger partial charge in [0.15, 0.2) is 5.65 Å². The highest BCUT2D eigenvalue weighted by Crippen LogP contribution is 2.11. The SMILES string of the molecule is CCn1c(=O)c(=O)n(CC(=O)NC(C)c2ccccc2)c2cccnc21. The number of aryl methyl sites for hydroxylation is 1. The third kappa shape index (κ3) is 3.28. The first kappa shape index (κ1) is 17.6. The first-order chi connectivity index (χ1) is 12.5. The van der Waals surface area contributed by atoms with Gasteiger partial charge in [0.2, 0.25) is 5.91 Å². The van der Waals surface area contributed by atoms with E-state index in [2.05, 4.69) is 10.3 Å². The Bertz CT molecular complexity index is 1050. The highest BCUT2D eigenvalue weighted by atomic mass is 16.2. The molecule has 2 aromatic heterocycles. The Hall–Kier alpha value is -3.22. The summed E-state index contributed by atoms with van der Waals surface area (Å²) in [4.78, 5) is 41.5. The second kappa shape index (κ2) is 7.35. The fourth-order valence-electron chi connectivity index (χ4n) is 2.95. The van der Waals surface area contributed by atoms with Crippen LogP contribution in [-0.4, -0.2) is 20.0 Å². The number of fused-ring (bicyclic) bond motifs is 1. The number of aromatic nitrogens is 3. The van der Waals surface area contributed by atoms with Crippen molar-refractivity contribution >= 4 is 17.1 Å². The number of amides is 1. The van der Waals surface area contributed by atoms with Gasteiger partial charge in [0.25, 0.3) is 0 Å². The monoisotopic (exact) mass is 352 g/mol. The normalized spacial score (nSPS) is 12.1. The van der Waals surface area contributed by atoms with Gasteiger partial charge in [0, 0.05) is 12.7 Å². The van der Waals surface area contributed by atoms with Gasteiger partial charge in [-0.3, -0.25) is 23.5 Å². The van der Waals surface area contributed by atoms with Crippen LogP contribution in [0.15, 0.2) is 58.3 Å². The quantitative estimate of drug-likeness (QED) is 0.704. The van der Waals surface area contributed by atoms with Gasteiger partial charge in [-0.25, -0.2) is 4.98 Å². The Morgan fingerprint density at radius 3 is 2.46 bits per heavy atom. The van der Waals surface area contributed by atoms with Crippen LogP contribution in [0, 0.1) is 0 Å². The molecule has 1 atom stereocenters. The molecule has 26 heavy (non-hydrogen) atoms. The number of carbonyl (C=O) groups is 1. The van der Waals surface area contributed by atoms with Crippen LogP contribution >= 0.6 is 0 Å². The Labute approximate surface area is 149 Å². The van der Waals surface area contributed by atoms with Gasteiger partial charge >= 0.3 is 11.1 Å². The highest BCUT2D eigenvalue weighted by Gasteiger charge is 2.16. The predicted octanol–water partition coefficient (Wildman–Crippen LogP) is 1.46. The average molecular weight is 352 g/mol. The van der Waals surface area contributed by atoms with Gasteiger partial charge in [0.1, 0.15) is 6.54 Å². The van der Waals surface area contributed by atoms with Crippen molar-refractivity contribution in [2.24, 2.45) is 0 Å². The Morgan fingerprint density at radius 1 is 1.08 bits per heavy atom. The lowest BCUT2D eigenvalue weighted by Gasteiger charge is -2.16. The van der Waals surface area contributed by atoms with Crippen LogP contribution in [0.25, 0.3) is 11.2 Å². The lowest BCUT2D eigenvalue weighted by atomic mass is 10.1. The fourth-order valence-corrected chi connectivity index (χ4v) is 2.95. The fraction of sp³-hybridized carbons (Fsp3) is 0.263. The molecule has 1 unspecified atom stereocenters. The number of pyridine rings is 1. The number of rotatable bonds is 5. The summed E-state index contributed by atoms with van der Waals surface area (Å²) >= 11 is 0. The Morgan fingerprint density at radius 2 is 1.77 bits per heavy atom. The van der Waals surface area contributed by atoms with E-state index in [1.54, 1.807) is 25.3 Å². The van der Waals surface area contributed by atoms with E-state index < -0.39 is 11.1 Å². The molecule has 0 saturated heterocycles. The van der Waals surface area contributed by atoms with E-state index >= 15 is 0 Å². The minimum absolute atomic E-state index is 0.209. The predicted molar refractivity (Wildman–Crippen MR) is 98.9 cm³/mol. The van der Waals surface area contributed by atoms with E-state index in [0.29, 0.717) is 17.7 Å². The van der Waals surface area contributed by atoms with Gasteiger partial charge in [0.05, 0.1) is 11.6 Å². The summed E-state index contributed by atoms with van der Waals surface area (Å²) in [6.45, 7) is 3.73. The van der Waals surface area contributed by atoms with Crippen LogP contribution in [0.3, 0.4) is 0 Å². The third-order valence-electron chi connectivity index (χ3n) is 4.28. The largest absolute Gasteiger partial charge is 0.348 e. The second-order valence-corrected chi connectivity index (χ2v) is 5.99. The molecule has 1 N–H and O–H groups in total. The molecular weight excluding hydrogens is 332 g/mol. The Balaban J connectivity index is 1.94. The molecule has 134 valence electrons. The summed E-state index contributed by atoms with van der Waals surface area (Å²) in [7, 11) is 0. The molecule has 7 heteroatoms. The molecule has 1 amide bonds. The Kier molecular flexibility index (Phi) is 4.97. The van der Waals surface area contributed by atoms with Crippen molar-refractivity contribution in [2.75, 3.05) is 0 Å². The first-order valence-corrected chi connectivity index (χ1v) is 8.45. The van der Waals surface area contributed by atoms with Crippen LogP contribution in [0.5, 0.6) is 0 Å². The first-order valence-electron chi connectivity index (χ1n) is 8.45. The molecule has 0 spiro atoms. The highest BCUT2D eigenvalue weighted by molar-refractivity contribution is 5.79. The van der Waals surface area contributed by atoms with E-state index in [0.717, 1.165) is 5.56 Å². The zero-order chi connectivity index (χ0) is 18.7. The molecule has 3 aromatic rings. The van der Waals surface area contributed by atoms with Gasteiger partial charge in [-0.1, -0.05) is 30.3 Å².